The Morgan fingerprint density at radius 3 is 2.56 bits per heavy atom. The summed E-state index contributed by atoms with van der Waals surface area (Å²) < 4.78 is 3.44. The molecule has 3 aromatic carbocycles. The maximum absolute atomic E-state index is 12.7. The van der Waals surface area contributed by atoms with Crippen LogP contribution in [0.1, 0.15) is 16.6 Å². The van der Waals surface area contributed by atoms with Crippen molar-refractivity contribution in [2.75, 3.05) is 5.32 Å². The molecule has 2 aromatic heterocycles. The van der Waals surface area contributed by atoms with Gasteiger partial charge in [-0.05, 0) is 48.7 Å². The molecule has 5 rings (SSSR count). The van der Waals surface area contributed by atoms with Crippen molar-refractivity contribution >= 4 is 54.8 Å². The Hall–Kier alpha value is -3.11. The maximum atomic E-state index is 12.7. The van der Waals surface area contributed by atoms with Gasteiger partial charge in [-0.3, -0.25) is 4.79 Å². The second kappa shape index (κ2) is 6.25. The molecule has 0 fully saturated rings. The van der Waals surface area contributed by atoms with Crippen molar-refractivity contribution in [3.05, 3.63) is 77.7 Å². The summed E-state index contributed by atoms with van der Waals surface area (Å²) >= 11 is 1.52. The van der Waals surface area contributed by atoms with Crippen molar-refractivity contribution in [1.82, 2.24) is 4.57 Å². The number of nitrogens with one attached hydrogen (secondary N) is 1. The van der Waals surface area contributed by atoms with Crippen LogP contribution in [0, 0.1) is 0 Å². The van der Waals surface area contributed by atoms with E-state index in [4.69, 9.17) is 0 Å². The third kappa shape index (κ3) is 2.61. The lowest BCUT2D eigenvalue weighted by atomic mass is 10.1. The number of aromatic nitrogens is 1. The van der Waals surface area contributed by atoms with Crippen molar-refractivity contribution in [2.24, 2.45) is 0 Å². The van der Waals surface area contributed by atoms with Gasteiger partial charge in [0.1, 0.15) is 0 Å². The minimum absolute atomic E-state index is 0.0604. The quantitative estimate of drug-likeness (QED) is 0.398. The van der Waals surface area contributed by atoms with E-state index >= 15 is 0 Å². The predicted molar refractivity (Wildman–Crippen MR) is 115 cm³/mol. The van der Waals surface area contributed by atoms with Crippen LogP contribution in [0.25, 0.3) is 31.9 Å². The minimum Gasteiger partial charge on any atom is -0.341 e. The third-order valence-electron chi connectivity index (χ3n) is 5.00. The van der Waals surface area contributed by atoms with E-state index in [-0.39, 0.29) is 5.91 Å². The number of aryl methyl sites for hydroxylation is 1. The molecular formula is C23H18N2OS. The number of carbonyl (C=O) groups excluding carboxylic acids is 1. The molecule has 5 aromatic rings. The fourth-order valence-corrected chi connectivity index (χ4v) is 4.72. The number of amides is 1. The average molecular weight is 370 g/mol. The number of carbonyl (C=O) groups is 1. The zero-order chi connectivity index (χ0) is 18.4. The van der Waals surface area contributed by atoms with Crippen LogP contribution in [0.4, 0.5) is 5.69 Å². The Morgan fingerprint density at radius 1 is 0.926 bits per heavy atom. The van der Waals surface area contributed by atoms with E-state index in [0.717, 1.165) is 27.2 Å². The Kier molecular flexibility index (Phi) is 3.73. The molecule has 0 aliphatic heterocycles. The Bertz CT molecular complexity index is 1280. The van der Waals surface area contributed by atoms with Gasteiger partial charge >= 0.3 is 0 Å². The van der Waals surface area contributed by atoms with Gasteiger partial charge in [-0.2, -0.15) is 0 Å². The molecule has 0 aliphatic rings. The van der Waals surface area contributed by atoms with Crippen LogP contribution >= 0.6 is 11.3 Å². The number of hydrogen-bond acceptors (Lipinski definition) is 2. The number of nitrogens with zero attached hydrogens (tertiary/aromatic N) is 1. The van der Waals surface area contributed by atoms with E-state index < -0.39 is 0 Å². The largest absolute Gasteiger partial charge is 0.341 e. The topological polar surface area (TPSA) is 34.0 Å². The van der Waals surface area contributed by atoms with E-state index in [1.54, 1.807) is 0 Å². The van der Waals surface area contributed by atoms with Gasteiger partial charge in [-0.25, -0.2) is 0 Å². The minimum atomic E-state index is -0.0604. The van der Waals surface area contributed by atoms with Gasteiger partial charge in [-0.15, -0.1) is 11.3 Å². The van der Waals surface area contributed by atoms with Gasteiger partial charge in [0.25, 0.3) is 5.91 Å². The summed E-state index contributed by atoms with van der Waals surface area (Å²) in [5.41, 5.74) is 3.24. The summed E-state index contributed by atoms with van der Waals surface area (Å²) in [4.78, 5) is 13.5. The molecule has 3 nitrogen and oxygen atoms in total. The van der Waals surface area contributed by atoms with Gasteiger partial charge < -0.3 is 9.88 Å². The summed E-state index contributed by atoms with van der Waals surface area (Å²) in [5.74, 6) is -0.0604. The van der Waals surface area contributed by atoms with Gasteiger partial charge in [0, 0.05) is 38.7 Å². The molecule has 27 heavy (non-hydrogen) atoms. The van der Waals surface area contributed by atoms with Crippen LogP contribution in [0.5, 0.6) is 0 Å². The first-order valence-corrected chi connectivity index (χ1v) is 9.87. The highest BCUT2D eigenvalue weighted by Crippen LogP contribution is 2.31. The number of para-hydroxylation sites is 1. The second-order valence-corrected chi connectivity index (χ2v) is 7.68. The van der Waals surface area contributed by atoms with Crippen molar-refractivity contribution < 1.29 is 4.79 Å². The van der Waals surface area contributed by atoms with E-state index in [0.29, 0.717) is 0 Å². The molecule has 1 amide bonds. The molecule has 0 saturated carbocycles. The van der Waals surface area contributed by atoms with Gasteiger partial charge in [0.2, 0.25) is 0 Å². The molecule has 0 atom stereocenters. The highest BCUT2D eigenvalue weighted by Gasteiger charge is 2.13. The molecule has 0 saturated heterocycles. The van der Waals surface area contributed by atoms with Crippen molar-refractivity contribution in [3.63, 3.8) is 0 Å². The van der Waals surface area contributed by atoms with E-state index in [9.17, 15) is 4.79 Å². The predicted octanol–water partition coefficient (Wildman–Crippen LogP) is 6.28. The third-order valence-corrected chi connectivity index (χ3v) is 6.11. The molecule has 0 unspecified atom stereocenters. The molecule has 0 bridgehead atoms. The first-order valence-electron chi connectivity index (χ1n) is 9.05. The van der Waals surface area contributed by atoms with Crippen LogP contribution < -0.4 is 5.32 Å². The molecule has 132 valence electrons. The zero-order valence-corrected chi connectivity index (χ0v) is 15.7. The van der Waals surface area contributed by atoms with E-state index in [2.05, 4.69) is 53.2 Å². The van der Waals surface area contributed by atoms with Crippen LogP contribution in [0.3, 0.4) is 0 Å². The van der Waals surface area contributed by atoms with Crippen molar-refractivity contribution in [3.8, 4) is 0 Å². The van der Waals surface area contributed by atoms with Crippen LogP contribution in [0.2, 0.25) is 0 Å². The smallest absolute Gasteiger partial charge is 0.265 e. The lowest BCUT2D eigenvalue weighted by Gasteiger charge is -2.05. The number of rotatable bonds is 3. The van der Waals surface area contributed by atoms with Gasteiger partial charge in [0.05, 0.1) is 4.88 Å². The average Bonchev–Trinajstić information content (AvgIpc) is 3.27. The van der Waals surface area contributed by atoms with E-state index in [1.165, 1.54) is 33.1 Å². The number of benzene rings is 3. The molecular weight excluding hydrogens is 352 g/mol. The van der Waals surface area contributed by atoms with Gasteiger partial charge in [0.15, 0.2) is 0 Å². The Morgan fingerprint density at radius 2 is 1.70 bits per heavy atom. The fraction of sp³-hybridized carbons (Fsp3) is 0.0870. The highest BCUT2D eigenvalue weighted by molar-refractivity contribution is 7.20. The summed E-state index contributed by atoms with van der Waals surface area (Å²) in [6.45, 7) is 3.07. The molecule has 4 heteroatoms. The number of anilines is 1. The first-order chi connectivity index (χ1) is 13.2. The van der Waals surface area contributed by atoms with Crippen LogP contribution in [-0.4, -0.2) is 10.5 Å². The number of fused-ring (bicyclic) bond motifs is 4. The molecule has 2 heterocycles. The summed E-state index contributed by atoms with van der Waals surface area (Å²) in [5, 5.41) is 6.55. The molecule has 0 aliphatic carbocycles. The lowest BCUT2D eigenvalue weighted by Crippen LogP contribution is -2.09. The van der Waals surface area contributed by atoms with E-state index in [1.807, 2.05) is 36.4 Å². The molecule has 0 radical (unpaired) electrons. The number of hydrogen-bond donors (Lipinski definition) is 1. The van der Waals surface area contributed by atoms with Crippen molar-refractivity contribution in [2.45, 2.75) is 13.5 Å². The SMILES string of the molecule is CCn1c2ccccc2c2cc(NC(=O)c3cc4ccccc4s3)ccc21. The summed E-state index contributed by atoms with van der Waals surface area (Å²) in [6, 6.07) is 24.6. The standard InChI is InChI=1S/C23H18N2OS/c1-2-25-19-9-5-4-8-17(19)18-14-16(11-12-20(18)25)24-23(26)22-13-15-7-3-6-10-21(15)27-22/h3-14H,2H2,1H3,(H,24,26). The van der Waals surface area contributed by atoms with Crippen molar-refractivity contribution in [1.29, 1.82) is 0 Å². The lowest BCUT2D eigenvalue weighted by molar-refractivity contribution is 0.103. The highest BCUT2D eigenvalue weighted by atomic mass is 32.1. The Balaban J connectivity index is 1.55. The summed E-state index contributed by atoms with van der Waals surface area (Å²) in [7, 11) is 0. The fourth-order valence-electron chi connectivity index (χ4n) is 3.76. The molecule has 0 spiro atoms. The normalized spacial score (nSPS) is 11.4. The Labute approximate surface area is 160 Å². The number of thiophene rings is 1. The summed E-state index contributed by atoms with van der Waals surface area (Å²) in [6.07, 6.45) is 0. The first kappa shape index (κ1) is 16.1. The second-order valence-electron chi connectivity index (χ2n) is 6.60. The van der Waals surface area contributed by atoms with Crippen LogP contribution in [0.15, 0.2) is 72.8 Å². The zero-order valence-electron chi connectivity index (χ0n) is 14.9. The maximum Gasteiger partial charge on any atom is 0.265 e. The monoisotopic (exact) mass is 370 g/mol. The van der Waals surface area contributed by atoms with Gasteiger partial charge in [-0.1, -0.05) is 36.4 Å². The van der Waals surface area contributed by atoms with Crippen LogP contribution in [-0.2, 0) is 6.54 Å². The molecule has 1 N–H and O–H groups in total.